The zero-order valence-electron chi connectivity index (χ0n) is 12.8. The van der Waals surface area contributed by atoms with E-state index in [1.807, 2.05) is 6.20 Å². The summed E-state index contributed by atoms with van der Waals surface area (Å²) < 4.78 is 0. The van der Waals surface area contributed by atoms with Gasteiger partial charge in [0.05, 0.1) is 5.39 Å². The number of hydrogen-bond donors (Lipinski definition) is 1. The van der Waals surface area contributed by atoms with Gasteiger partial charge in [-0.15, -0.1) is 0 Å². The van der Waals surface area contributed by atoms with E-state index in [1.165, 1.54) is 19.3 Å². The number of hydrogen-bond acceptors (Lipinski definition) is 3. The molecular formula is C16H24N4. The van der Waals surface area contributed by atoms with Gasteiger partial charge < -0.3 is 9.88 Å². The van der Waals surface area contributed by atoms with Gasteiger partial charge >= 0.3 is 0 Å². The lowest BCUT2D eigenvalue weighted by Crippen LogP contribution is -2.44. The number of H-pyrrole nitrogens is 1. The lowest BCUT2D eigenvalue weighted by Gasteiger charge is -2.44. The minimum atomic E-state index is 0.426. The maximum absolute atomic E-state index is 4.53. The Morgan fingerprint density at radius 3 is 2.95 bits per heavy atom. The second-order valence-electron chi connectivity index (χ2n) is 7.00. The highest BCUT2D eigenvalue weighted by molar-refractivity contribution is 5.87. The average molecular weight is 272 g/mol. The topological polar surface area (TPSA) is 44.8 Å². The fraction of sp³-hybridized carbons (Fsp3) is 0.625. The molecule has 4 heteroatoms. The summed E-state index contributed by atoms with van der Waals surface area (Å²) >= 11 is 0. The van der Waals surface area contributed by atoms with Crippen LogP contribution < -0.4 is 4.90 Å². The minimum Gasteiger partial charge on any atom is -0.356 e. The molecule has 0 aliphatic heterocycles. The van der Waals surface area contributed by atoms with Crippen molar-refractivity contribution in [3.8, 4) is 0 Å². The van der Waals surface area contributed by atoms with Crippen molar-refractivity contribution in [3.63, 3.8) is 0 Å². The second-order valence-corrected chi connectivity index (χ2v) is 7.00. The number of aromatic nitrogens is 3. The van der Waals surface area contributed by atoms with Crippen molar-refractivity contribution < 1.29 is 0 Å². The molecular weight excluding hydrogens is 248 g/mol. The Morgan fingerprint density at radius 1 is 1.35 bits per heavy atom. The minimum absolute atomic E-state index is 0.426. The van der Waals surface area contributed by atoms with Gasteiger partial charge in [0.2, 0.25) is 0 Å². The van der Waals surface area contributed by atoms with Crippen molar-refractivity contribution in [2.75, 3.05) is 11.9 Å². The fourth-order valence-corrected chi connectivity index (χ4v) is 3.50. The van der Waals surface area contributed by atoms with Gasteiger partial charge in [-0.2, -0.15) is 0 Å². The van der Waals surface area contributed by atoms with Gasteiger partial charge in [-0.3, -0.25) is 0 Å². The van der Waals surface area contributed by atoms with E-state index in [0.717, 1.165) is 16.9 Å². The highest BCUT2D eigenvalue weighted by Gasteiger charge is 2.35. The fourth-order valence-electron chi connectivity index (χ4n) is 3.50. The van der Waals surface area contributed by atoms with Crippen LogP contribution in [0.25, 0.3) is 11.0 Å². The zero-order chi connectivity index (χ0) is 14.3. The predicted octanol–water partition coefficient (Wildman–Crippen LogP) is 3.61. The summed E-state index contributed by atoms with van der Waals surface area (Å²) in [5.41, 5.74) is 1.35. The highest BCUT2D eigenvalue weighted by Crippen LogP contribution is 2.41. The third-order valence-electron chi connectivity index (χ3n) is 4.86. The third kappa shape index (κ3) is 2.28. The monoisotopic (exact) mass is 272 g/mol. The molecule has 4 nitrogen and oxygen atoms in total. The van der Waals surface area contributed by atoms with Crippen molar-refractivity contribution in [3.05, 3.63) is 18.6 Å². The van der Waals surface area contributed by atoms with Crippen molar-refractivity contribution >= 4 is 16.9 Å². The molecule has 0 radical (unpaired) electrons. The van der Waals surface area contributed by atoms with Crippen LogP contribution in [0.1, 0.15) is 40.0 Å². The van der Waals surface area contributed by atoms with E-state index in [4.69, 9.17) is 0 Å². The van der Waals surface area contributed by atoms with Crippen LogP contribution in [-0.4, -0.2) is 28.0 Å². The largest absolute Gasteiger partial charge is 0.356 e. The zero-order valence-corrected chi connectivity index (χ0v) is 12.8. The molecule has 1 fully saturated rings. The normalized spacial score (nSPS) is 25.8. The van der Waals surface area contributed by atoms with E-state index in [0.29, 0.717) is 17.4 Å². The van der Waals surface area contributed by atoms with E-state index in [-0.39, 0.29) is 0 Å². The maximum atomic E-state index is 4.53. The van der Waals surface area contributed by atoms with Crippen molar-refractivity contribution in [1.29, 1.82) is 0 Å². The van der Waals surface area contributed by atoms with Gasteiger partial charge in [-0.25, -0.2) is 9.97 Å². The molecule has 3 rings (SSSR count). The maximum Gasteiger partial charge on any atom is 0.142 e. The molecule has 2 aromatic rings. The number of anilines is 1. The van der Waals surface area contributed by atoms with Crippen molar-refractivity contribution in [2.45, 2.75) is 46.1 Å². The van der Waals surface area contributed by atoms with Crippen LogP contribution in [0.4, 0.5) is 5.82 Å². The molecule has 0 aromatic carbocycles. The molecule has 0 saturated heterocycles. The Morgan fingerprint density at radius 2 is 2.15 bits per heavy atom. The molecule has 2 atom stereocenters. The Hall–Kier alpha value is -1.58. The molecule has 1 saturated carbocycles. The molecule has 0 bridgehead atoms. The lowest BCUT2D eigenvalue weighted by atomic mass is 9.70. The summed E-state index contributed by atoms with van der Waals surface area (Å²) in [6, 6.07) is 2.62. The first-order valence-electron chi connectivity index (χ1n) is 7.49. The first kappa shape index (κ1) is 13.4. The first-order valence-corrected chi connectivity index (χ1v) is 7.49. The molecule has 2 aromatic heterocycles. The van der Waals surface area contributed by atoms with E-state index in [2.05, 4.69) is 53.7 Å². The predicted molar refractivity (Wildman–Crippen MR) is 82.9 cm³/mol. The van der Waals surface area contributed by atoms with Crippen LogP contribution in [0.3, 0.4) is 0 Å². The Kier molecular flexibility index (Phi) is 3.19. The Bertz CT molecular complexity index is 601. The van der Waals surface area contributed by atoms with Crippen molar-refractivity contribution in [2.24, 2.45) is 11.3 Å². The summed E-state index contributed by atoms with van der Waals surface area (Å²) in [5, 5.41) is 1.12. The molecule has 2 unspecified atom stereocenters. The smallest absolute Gasteiger partial charge is 0.142 e. The van der Waals surface area contributed by atoms with Gasteiger partial charge in [0.25, 0.3) is 0 Å². The quantitative estimate of drug-likeness (QED) is 0.908. The van der Waals surface area contributed by atoms with Gasteiger partial charge in [0, 0.05) is 19.3 Å². The molecule has 20 heavy (non-hydrogen) atoms. The van der Waals surface area contributed by atoms with E-state index in [9.17, 15) is 0 Å². The summed E-state index contributed by atoms with van der Waals surface area (Å²) in [4.78, 5) is 14.3. The standard InChI is InChI=1S/C16H24N4/c1-11-5-7-16(2,3)9-13(11)20(4)15-12-6-8-17-14(12)18-10-19-15/h6,8,10-11,13H,5,7,9H2,1-4H3,(H,17,18,19). The number of nitrogens with one attached hydrogen (secondary N) is 1. The molecule has 1 N–H and O–H groups in total. The third-order valence-corrected chi connectivity index (χ3v) is 4.86. The summed E-state index contributed by atoms with van der Waals surface area (Å²) in [7, 11) is 2.18. The second kappa shape index (κ2) is 4.76. The van der Waals surface area contributed by atoms with E-state index < -0.39 is 0 Å². The number of rotatable bonds is 2. The van der Waals surface area contributed by atoms with Crippen LogP contribution in [0, 0.1) is 11.3 Å². The average Bonchev–Trinajstić information content (AvgIpc) is 2.89. The van der Waals surface area contributed by atoms with Gasteiger partial charge in [-0.05, 0) is 36.7 Å². The van der Waals surface area contributed by atoms with Gasteiger partial charge in [0.1, 0.15) is 17.8 Å². The summed E-state index contributed by atoms with van der Waals surface area (Å²) in [6.07, 6.45) is 7.43. The van der Waals surface area contributed by atoms with Crippen LogP contribution in [-0.2, 0) is 0 Å². The molecule has 2 heterocycles. The van der Waals surface area contributed by atoms with Gasteiger partial charge in [-0.1, -0.05) is 20.8 Å². The van der Waals surface area contributed by atoms with Crippen LogP contribution in [0.15, 0.2) is 18.6 Å². The lowest BCUT2D eigenvalue weighted by molar-refractivity contribution is 0.170. The number of fused-ring (bicyclic) bond motifs is 1. The van der Waals surface area contributed by atoms with E-state index >= 15 is 0 Å². The molecule has 1 aliphatic rings. The van der Waals surface area contributed by atoms with E-state index in [1.54, 1.807) is 6.33 Å². The van der Waals surface area contributed by atoms with Crippen LogP contribution in [0.5, 0.6) is 0 Å². The highest BCUT2D eigenvalue weighted by atomic mass is 15.2. The Labute approximate surface area is 120 Å². The first-order chi connectivity index (χ1) is 9.48. The SMILES string of the molecule is CC1CCC(C)(C)CC1N(C)c1ncnc2[nH]ccc12. The molecule has 108 valence electrons. The van der Waals surface area contributed by atoms with Crippen LogP contribution >= 0.6 is 0 Å². The molecule has 1 aliphatic carbocycles. The summed E-state index contributed by atoms with van der Waals surface area (Å²) in [5.74, 6) is 1.75. The van der Waals surface area contributed by atoms with Crippen LogP contribution in [0.2, 0.25) is 0 Å². The van der Waals surface area contributed by atoms with Crippen molar-refractivity contribution in [1.82, 2.24) is 15.0 Å². The number of nitrogens with zero attached hydrogens (tertiary/aromatic N) is 3. The molecule has 0 spiro atoms. The van der Waals surface area contributed by atoms with Gasteiger partial charge in [0.15, 0.2) is 0 Å². The molecule has 0 amide bonds. The number of aromatic amines is 1. The summed E-state index contributed by atoms with van der Waals surface area (Å²) in [6.45, 7) is 7.13. The Balaban J connectivity index is 1.95.